The fourth-order valence-electron chi connectivity index (χ4n) is 0.538. The summed E-state index contributed by atoms with van der Waals surface area (Å²) < 4.78 is 0. The third-order valence-electron chi connectivity index (χ3n) is 1.11. The van der Waals surface area contributed by atoms with E-state index in [1.165, 1.54) is 13.5 Å². The maximum atomic E-state index is 10.9. The molecule has 0 radical (unpaired) electrons. The average Bonchev–Trinajstić information content (AvgIpc) is 1.98. The molecule has 0 bridgehead atoms. The second kappa shape index (κ2) is 6.14. The number of rotatable bonds is 5. The van der Waals surface area contributed by atoms with Crippen molar-refractivity contribution in [2.45, 2.75) is 0 Å². The smallest absolute Gasteiger partial charge is 0.323 e. The summed E-state index contributed by atoms with van der Waals surface area (Å²) in [6.45, 7) is -0.605. The standard InChI is InChI=1S/C6H9N2O4.Fm/c1-8(3-6(11)12)5(10)2-7-4-9;/h2-3H2,1H3,(H,7,9)(H,11,12);/q-1;. The zero-order chi connectivity index (χ0) is 9.56. The van der Waals surface area contributed by atoms with E-state index in [4.69, 9.17) is 5.11 Å². The first-order valence-corrected chi connectivity index (χ1v) is 3.13. The van der Waals surface area contributed by atoms with Gasteiger partial charge in [0, 0.05) is 7.05 Å². The number of nitrogens with one attached hydrogen (secondary N) is 1. The fourth-order valence-corrected chi connectivity index (χ4v) is 0.538. The van der Waals surface area contributed by atoms with Gasteiger partial charge in [-0.25, -0.2) is 0 Å². The summed E-state index contributed by atoms with van der Waals surface area (Å²) in [5.41, 5.74) is 0. The molecule has 0 aliphatic carbocycles. The number of likely N-dealkylation sites (N-methyl/N-ethyl adjacent to an activating group) is 1. The van der Waals surface area contributed by atoms with Crippen LogP contribution in [0.3, 0.4) is 0 Å². The Hall–Kier alpha value is -2.59. The molecule has 0 aliphatic rings. The molecule has 0 atom stereocenters. The van der Waals surface area contributed by atoms with Gasteiger partial charge in [-0.15, -0.1) is 0 Å². The molecule has 2 N–H and O–H groups in total. The molecule has 6 nitrogen and oxygen atoms in total. The molecule has 0 saturated heterocycles. The van der Waals surface area contributed by atoms with Crippen molar-refractivity contribution >= 4 is 18.3 Å². The van der Waals surface area contributed by atoms with Crippen LogP contribution >= 0.6 is 0 Å². The summed E-state index contributed by atoms with van der Waals surface area (Å²) in [4.78, 5) is 31.6. The number of nitrogens with zero attached hydrogens (tertiary/aromatic N) is 1. The molecule has 80 valence electrons. The van der Waals surface area contributed by atoms with Crippen molar-refractivity contribution in [1.29, 1.82) is 0 Å². The first kappa shape index (κ1) is 13.0. The number of hydrogen-bond donors (Lipinski definition) is 2. The molecule has 0 aromatic carbocycles. The van der Waals surface area contributed by atoms with Gasteiger partial charge in [-0.3, -0.25) is 9.59 Å². The van der Waals surface area contributed by atoms with E-state index in [1.54, 1.807) is 0 Å². The molecular weight excluding hydrogens is 421 g/mol. The van der Waals surface area contributed by atoms with Gasteiger partial charge in [-0.1, -0.05) is 0 Å². The first-order chi connectivity index (χ1) is 5.57. The quantitative estimate of drug-likeness (QED) is 0.398. The third kappa shape index (κ3) is 5.84. The molecule has 2 amide bonds. The topological polar surface area (TPSA) is 86.7 Å². The Balaban J connectivity index is 0. The van der Waals surface area contributed by atoms with Crippen LogP contribution in [0.25, 0.3) is 0 Å². The van der Waals surface area contributed by atoms with Gasteiger partial charge >= 0.3 is 5.97 Å². The van der Waals surface area contributed by atoms with E-state index in [0.717, 1.165) is 4.90 Å². The molecule has 0 heterocycles. The predicted molar refractivity (Wildman–Crippen MR) is 39.0 cm³/mol. The molecule has 0 saturated carbocycles. The summed E-state index contributed by atoms with van der Waals surface area (Å²) in [6, 6.07) is 0. The van der Waals surface area contributed by atoms with Crippen molar-refractivity contribution in [2.75, 3.05) is 20.1 Å². The van der Waals surface area contributed by atoms with Crippen molar-refractivity contribution in [3.63, 3.8) is 0 Å². The summed E-state index contributed by atoms with van der Waals surface area (Å²) in [7, 11) is 1.34. The Kier molecular flexibility index (Phi) is 6.16. The van der Waals surface area contributed by atoms with Crippen LogP contribution in [-0.2, 0) is 14.4 Å². The third-order valence-corrected chi connectivity index (χ3v) is 1.11. The molecule has 0 aromatic rings. The summed E-state index contributed by atoms with van der Waals surface area (Å²) in [5, 5.41) is 10.3. The Morgan fingerprint density at radius 2 is 2.08 bits per heavy atom. The van der Waals surface area contributed by atoms with Crippen LogP contribution in [0.2, 0.25) is 0 Å². The molecule has 0 rings (SSSR count). The van der Waals surface area contributed by atoms with Gasteiger partial charge in [0.2, 0.25) is 5.91 Å². The SMILES string of the molecule is CN(CC(=O)O)C(=O)CN[C-]=O.[Fm]. The predicted octanol–water partition coefficient (Wildman–Crippen LogP) is -1.81. The van der Waals surface area contributed by atoms with Crippen LogP contribution in [0, 0.1) is 0 Å². The van der Waals surface area contributed by atoms with Crippen LogP contribution in [0.1, 0.15) is 0 Å². The normalized spacial score (nSPS) is 8.08. The van der Waals surface area contributed by atoms with E-state index in [-0.39, 0.29) is 13.1 Å². The molecule has 0 fully saturated rings. The Bertz CT molecular complexity index is 197. The zero-order valence-corrected chi connectivity index (χ0v) is 9.23. The number of carbonyl (C=O) groups excluding carboxylic acids is 2. The monoisotopic (exact) mass is 430 g/mol. The number of carboxylic acid groups (broad SMARTS) is 1. The van der Waals surface area contributed by atoms with Gasteiger partial charge in [0.05, 0.1) is 6.54 Å². The van der Waals surface area contributed by atoms with E-state index >= 15 is 0 Å². The maximum Gasteiger partial charge on any atom is 0.323 e. The minimum absolute atomic E-state index is 0. The van der Waals surface area contributed by atoms with Gasteiger partial charge in [0.25, 0.3) is 0 Å². The molecule has 0 spiro atoms. The van der Waals surface area contributed by atoms with Crippen molar-refractivity contribution < 1.29 is 19.5 Å². The van der Waals surface area contributed by atoms with Crippen LogP contribution in [0.5, 0.6) is 0 Å². The van der Waals surface area contributed by atoms with Gasteiger partial charge < -0.3 is 20.1 Å². The van der Waals surface area contributed by atoms with Crippen molar-refractivity contribution in [1.82, 2.24) is 10.2 Å². The van der Waals surface area contributed by atoms with Crippen molar-refractivity contribution in [3.05, 3.63) is 0 Å². The minimum atomic E-state index is -1.10. The molecule has 13 heavy (non-hydrogen) atoms. The molecule has 0 aliphatic heterocycles. The minimum Gasteiger partial charge on any atom is -0.522 e. The van der Waals surface area contributed by atoms with Crippen molar-refractivity contribution in [2.24, 2.45) is 0 Å². The number of hydrogen-bond acceptors (Lipinski definition) is 3. The summed E-state index contributed by atoms with van der Waals surface area (Å²) in [6.07, 6.45) is 1.31. The molecule has 0 unspecified atom stereocenters. The van der Waals surface area contributed by atoms with Crippen LogP contribution in [0.4, 0.5) is 0 Å². The van der Waals surface area contributed by atoms with E-state index in [1.807, 2.05) is 5.32 Å². The Morgan fingerprint density at radius 3 is 2.46 bits per heavy atom. The number of carbonyl (C=O) groups is 2. The molecule has 7 heteroatoms. The van der Waals surface area contributed by atoms with E-state index in [9.17, 15) is 14.4 Å². The maximum absolute atomic E-state index is 10.9. The number of carboxylic acids is 1. The second-order valence-corrected chi connectivity index (χ2v) is 2.10. The molecular formula is C6H9FmN2O4-. The zero-order valence-electron chi connectivity index (χ0n) is 6.82. The van der Waals surface area contributed by atoms with E-state index in [2.05, 4.69) is 0 Å². The number of amides is 2. The Morgan fingerprint density at radius 1 is 1.54 bits per heavy atom. The van der Waals surface area contributed by atoms with Crippen LogP contribution in [0.15, 0.2) is 0 Å². The van der Waals surface area contributed by atoms with Crippen LogP contribution < -0.4 is 5.32 Å². The van der Waals surface area contributed by atoms with E-state index in [0.29, 0.717) is 0 Å². The second-order valence-electron chi connectivity index (χ2n) is 2.10. The molecule has 0 aromatic heterocycles. The fraction of sp³-hybridized carbons (Fsp3) is 0.500. The summed E-state index contributed by atoms with van der Waals surface area (Å²) in [5.74, 6) is -1.57. The van der Waals surface area contributed by atoms with Crippen LogP contribution in [-0.4, -0.2) is 48.4 Å². The van der Waals surface area contributed by atoms with Gasteiger partial charge in [0.1, 0.15) is 6.54 Å². The van der Waals surface area contributed by atoms with Gasteiger partial charge in [0.15, 0.2) is 0 Å². The summed E-state index contributed by atoms with van der Waals surface area (Å²) >= 11 is 0. The largest absolute Gasteiger partial charge is 0.522 e. The van der Waals surface area contributed by atoms with Gasteiger partial charge in [-0.05, 0) is 0 Å². The number of aliphatic carboxylic acids is 1. The first-order valence-electron chi connectivity index (χ1n) is 3.13. The van der Waals surface area contributed by atoms with E-state index < -0.39 is 11.9 Å². The Labute approximate surface area is 69.2 Å². The average molecular weight is 430 g/mol. The van der Waals surface area contributed by atoms with Gasteiger partial charge in [-0.2, -0.15) is 6.41 Å². The van der Waals surface area contributed by atoms with Crippen molar-refractivity contribution in [3.8, 4) is 0 Å².